The summed E-state index contributed by atoms with van der Waals surface area (Å²) in [5, 5.41) is 9.26. The van der Waals surface area contributed by atoms with Crippen molar-refractivity contribution in [2.75, 3.05) is 0 Å². The highest BCUT2D eigenvalue weighted by Crippen LogP contribution is 2.36. The molecule has 2 aromatic rings. The van der Waals surface area contributed by atoms with Gasteiger partial charge in [0.05, 0.1) is 5.71 Å². The second kappa shape index (κ2) is 10.6. The smallest absolute Gasteiger partial charge is 0.137 e. The van der Waals surface area contributed by atoms with E-state index in [0.717, 1.165) is 48.5 Å². The number of nitrogens with zero attached hydrogens (tertiary/aromatic N) is 3. The number of para-hydroxylation sites is 1. The predicted molar refractivity (Wildman–Crippen MR) is 135 cm³/mol. The number of allylic oxidation sites excluding steroid dienone is 6. The number of hydrogen-bond acceptors (Lipinski definition) is 4. The topological polar surface area (TPSA) is 57.7 Å². The molecule has 4 nitrogen and oxygen atoms in total. The van der Waals surface area contributed by atoms with Gasteiger partial charge in [0, 0.05) is 6.20 Å². The second-order valence-corrected chi connectivity index (χ2v) is 8.28. The molecule has 0 saturated heterocycles. The van der Waals surface area contributed by atoms with Crippen LogP contribution in [-0.2, 0) is 12.8 Å². The molecule has 1 aliphatic heterocycles. The van der Waals surface area contributed by atoms with Gasteiger partial charge in [-0.2, -0.15) is 5.26 Å². The van der Waals surface area contributed by atoms with Gasteiger partial charge < -0.3 is 4.74 Å². The summed E-state index contributed by atoms with van der Waals surface area (Å²) in [6, 6.07) is 18.4. The minimum Gasteiger partial charge on any atom is -0.457 e. The van der Waals surface area contributed by atoms with Gasteiger partial charge in [0.2, 0.25) is 0 Å². The van der Waals surface area contributed by atoms with Gasteiger partial charge in [0.1, 0.15) is 23.3 Å². The van der Waals surface area contributed by atoms with Crippen LogP contribution in [0.5, 0.6) is 11.5 Å². The largest absolute Gasteiger partial charge is 0.457 e. The third kappa shape index (κ3) is 5.64. The molecule has 33 heavy (non-hydrogen) atoms. The van der Waals surface area contributed by atoms with Crippen molar-refractivity contribution in [2.45, 2.75) is 32.1 Å². The average molecular weight is 434 g/mol. The van der Waals surface area contributed by atoms with Crippen LogP contribution in [-0.4, -0.2) is 12.4 Å². The number of ether oxygens (including phenoxy) is 1. The first-order valence-corrected chi connectivity index (χ1v) is 11.2. The van der Waals surface area contributed by atoms with Gasteiger partial charge in [-0.3, -0.25) is 4.99 Å². The molecule has 1 atom stereocenters. The second-order valence-electron chi connectivity index (χ2n) is 8.28. The number of nitriles is 1. The first-order valence-electron chi connectivity index (χ1n) is 11.2. The number of fused-ring (bicyclic) bond motifs is 1. The Hall–Kier alpha value is -3.97. The van der Waals surface area contributed by atoms with Crippen molar-refractivity contribution in [3.63, 3.8) is 0 Å². The van der Waals surface area contributed by atoms with Gasteiger partial charge in [-0.15, -0.1) is 0 Å². The van der Waals surface area contributed by atoms with E-state index in [-0.39, 0.29) is 0 Å². The summed E-state index contributed by atoms with van der Waals surface area (Å²) in [6.45, 7) is 8.02. The van der Waals surface area contributed by atoms with Gasteiger partial charge in [0.15, 0.2) is 0 Å². The van der Waals surface area contributed by atoms with E-state index >= 15 is 0 Å². The maximum absolute atomic E-state index is 9.26. The molecule has 0 amide bonds. The fourth-order valence-electron chi connectivity index (χ4n) is 4.26. The van der Waals surface area contributed by atoms with Gasteiger partial charge in [0.25, 0.3) is 0 Å². The summed E-state index contributed by atoms with van der Waals surface area (Å²) in [4.78, 5) is 8.47. The predicted octanol–water partition coefficient (Wildman–Crippen LogP) is 6.92. The van der Waals surface area contributed by atoms with Crippen molar-refractivity contribution in [2.24, 2.45) is 15.9 Å². The van der Waals surface area contributed by atoms with E-state index in [2.05, 4.69) is 41.5 Å². The average Bonchev–Trinajstić information content (AvgIpc) is 3.11. The Morgan fingerprint density at radius 1 is 1.12 bits per heavy atom. The highest BCUT2D eigenvalue weighted by Gasteiger charge is 2.24. The van der Waals surface area contributed by atoms with Gasteiger partial charge in [-0.05, 0) is 97.9 Å². The normalized spacial score (nSPS) is 17.3. The van der Waals surface area contributed by atoms with Crippen LogP contribution in [0.4, 0.5) is 0 Å². The summed E-state index contributed by atoms with van der Waals surface area (Å²) >= 11 is 0. The monoisotopic (exact) mass is 433 g/mol. The van der Waals surface area contributed by atoms with Crippen LogP contribution in [0.25, 0.3) is 0 Å². The van der Waals surface area contributed by atoms with E-state index in [1.165, 1.54) is 16.7 Å². The molecule has 1 aliphatic carbocycles. The standard InChI is InChI=1S/C29H27N3O/c1-21(12-13-23(20-31-2)29-11-7-6-8-26(19-30)32-29)24-16-22-14-15-28(18-25(22)17-24)33-27-9-4-3-5-10-27/h3-5,7-11,14-15,18,20,24H,1-2,6,12-13,16-17H2/b23-20+. The van der Waals surface area contributed by atoms with Crippen molar-refractivity contribution < 1.29 is 4.74 Å². The minimum absolute atomic E-state index is 0.408. The van der Waals surface area contributed by atoms with Crippen molar-refractivity contribution in [1.29, 1.82) is 5.26 Å². The molecule has 4 rings (SSSR count). The molecule has 0 aromatic heterocycles. The number of rotatable bonds is 8. The van der Waals surface area contributed by atoms with Crippen LogP contribution >= 0.6 is 0 Å². The molecule has 0 fully saturated rings. The highest BCUT2D eigenvalue weighted by molar-refractivity contribution is 6.09. The van der Waals surface area contributed by atoms with Crippen molar-refractivity contribution in [3.05, 3.63) is 108 Å². The molecule has 0 saturated carbocycles. The van der Waals surface area contributed by atoms with E-state index in [4.69, 9.17) is 4.74 Å². The molecule has 2 aliphatic rings. The number of aliphatic imine (C=N–C) groups is 2. The van der Waals surface area contributed by atoms with Crippen molar-refractivity contribution in [3.8, 4) is 17.6 Å². The minimum atomic E-state index is 0.408. The van der Waals surface area contributed by atoms with E-state index in [0.29, 0.717) is 18.0 Å². The van der Waals surface area contributed by atoms with Crippen molar-refractivity contribution >= 4 is 12.4 Å². The van der Waals surface area contributed by atoms with Crippen molar-refractivity contribution in [1.82, 2.24) is 0 Å². The maximum Gasteiger partial charge on any atom is 0.137 e. The Kier molecular flexibility index (Phi) is 7.12. The molecule has 1 heterocycles. The summed E-state index contributed by atoms with van der Waals surface area (Å²) < 4.78 is 6.01. The lowest BCUT2D eigenvalue weighted by Gasteiger charge is -2.14. The molecule has 0 radical (unpaired) electrons. The first-order chi connectivity index (χ1) is 16.2. The Morgan fingerprint density at radius 2 is 1.94 bits per heavy atom. The Labute approximate surface area is 195 Å². The highest BCUT2D eigenvalue weighted by atomic mass is 16.5. The molecule has 4 heteroatoms. The van der Waals surface area contributed by atoms with Crippen LogP contribution in [0.2, 0.25) is 0 Å². The summed E-state index contributed by atoms with van der Waals surface area (Å²) in [5.41, 5.74) is 6.10. The van der Waals surface area contributed by atoms with Crippen LogP contribution < -0.4 is 4.74 Å². The zero-order valence-electron chi connectivity index (χ0n) is 18.7. The zero-order valence-corrected chi connectivity index (χ0v) is 18.7. The molecule has 0 spiro atoms. The fourth-order valence-corrected chi connectivity index (χ4v) is 4.26. The number of hydrogen-bond donors (Lipinski definition) is 0. The summed E-state index contributed by atoms with van der Waals surface area (Å²) in [5.74, 6) is 2.12. The van der Waals surface area contributed by atoms with E-state index in [9.17, 15) is 5.26 Å². The van der Waals surface area contributed by atoms with Gasteiger partial charge in [-0.25, -0.2) is 4.99 Å². The zero-order chi connectivity index (χ0) is 23.0. The molecule has 0 bridgehead atoms. The lowest BCUT2D eigenvalue weighted by atomic mass is 9.91. The number of benzene rings is 2. The van der Waals surface area contributed by atoms with E-state index in [1.54, 1.807) is 6.20 Å². The maximum atomic E-state index is 9.26. The third-order valence-corrected chi connectivity index (χ3v) is 6.04. The molecule has 0 N–H and O–H groups in total. The van der Waals surface area contributed by atoms with Crippen LogP contribution in [0.1, 0.15) is 30.4 Å². The van der Waals surface area contributed by atoms with E-state index in [1.807, 2.05) is 54.6 Å². The SMILES string of the molecule is C=N/C=C(\CCC(=C)C1Cc2ccc(Oc3ccccc3)cc2C1)C1=NC(C#N)=CCC=C1. The first kappa shape index (κ1) is 22.2. The lowest BCUT2D eigenvalue weighted by Crippen LogP contribution is -2.06. The Balaban J connectivity index is 1.39. The van der Waals surface area contributed by atoms with E-state index < -0.39 is 0 Å². The molecular formula is C29H27N3O. The fraction of sp³-hybridized carbons (Fsp3) is 0.207. The summed E-state index contributed by atoms with van der Waals surface area (Å²) in [6.07, 6.45) is 11.8. The Bertz CT molecular complexity index is 1210. The molecule has 164 valence electrons. The third-order valence-electron chi connectivity index (χ3n) is 6.04. The van der Waals surface area contributed by atoms with Crippen LogP contribution in [0.15, 0.2) is 106 Å². The van der Waals surface area contributed by atoms with Gasteiger partial charge in [-0.1, -0.05) is 42.5 Å². The summed E-state index contributed by atoms with van der Waals surface area (Å²) in [7, 11) is 0. The molecule has 1 unspecified atom stereocenters. The Morgan fingerprint density at radius 3 is 2.73 bits per heavy atom. The molecular weight excluding hydrogens is 406 g/mol. The van der Waals surface area contributed by atoms with Crippen LogP contribution in [0, 0.1) is 17.2 Å². The quantitative estimate of drug-likeness (QED) is 0.335. The molecule has 2 aromatic carbocycles. The lowest BCUT2D eigenvalue weighted by molar-refractivity contribution is 0.482. The van der Waals surface area contributed by atoms with Gasteiger partial charge >= 0.3 is 0 Å². The van der Waals surface area contributed by atoms with Crippen LogP contribution in [0.3, 0.4) is 0 Å².